The van der Waals surface area contributed by atoms with Crippen LogP contribution in [0.4, 0.5) is 0 Å². The predicted molar refractivity (Wildman–Crippen MR) is 157 cm³/mol. The van der Waals surface area contributed by atoms with Gasteiger partial charge in [-0.2, -0.15) is 0 Å². The summed E-state index contributed by atoms with van der Waals surface area (Å²) in [6.45, 7) is 0.443. The number of ether oxygens (including phenoxy) is 2. The molecule has 0 spiro atoms. The number of carbonyl (C=O) groups excluding carboxylic acids is 2. The van der Waals surface area contributed by atoms with Gasteiger partial charge in [-0.25, -0.2) is 0 Å². The number of halogens is 2. The van der Waals surface area contributed by atoms with Gasteiger partial charge < -0.3 is 19.7 Å². The van der Waals surface area contributed by atoms with Crippen LogP contribution in [0.25, 0.3) is 0 Å². The van der Waals surface area contributed by atoms with E-state index in [1.54, 1.807) is 17.0 Å². The zero-order valence-corrected chi connectivity index (χ0v) is 23.9. The third-order valence-corrected chi connectivity index (χ3v) is 8.36. The molecule has 0 bridgehead atoms. The second kappa shape index (κ2) is 13.4. The van der Waals surface area contributed by atoms with Crippen molar-refractivity contribution >= 4 is 35.0 Å². The zero-order valence-electron chi connectivity index (χ0n) is 22.4. The van der Waals surface area contributed by atoms with Crippen LogP contribution in [0, 0.1) is 0 Å². The number of aryl methyl sites for hydroxylation is 1. The van der Waals surface area contributed by atoms with Gasteiger partial charge in [0.1, 0.15) is 6.04 Å². The minimum atomic E-state index is -0.678. The molecule has 210 valence electrons. The lowest BCUT2D eigenvalue weighted by Gasteiger charge is -2.33. The molecular formula is C32H34Cl2N2O4. The number of carbonyl (C=O) groups is 2. The molecule has 1 fully saturated rings. The number of hydrogen-bond acceptors (Lipinski definition) is 4. The smallest absolute Gasteiger partial charge is 0.243 e. The van der Waals surface area contributed by atoms with Crippen molar-refractivity contribution < 1.29 is 19.1 Å². The molecule has 40 heavy (non-hydrogen) atoms. The number of rotatable bonds is 10. The quantitative estimate of drug-likeness (QED) is 0.288. The van der Waals surface area contributed by atoms with Gasteiger partial charge in [0, 0.05) is 25.4 Å². The zero-order chi connectivity index (χ0) is 27.9. The molecule has 1 heterocycles. The van der Waals surface area contributed by atoms with Crippen molar-refractivity contribution in [2.45, 2.75) is 70.0 Å². The van der Waals surface area contributed by atoms with Crippen molar-refractivity contribution in [3.8, 4) is 11.5 Å². The Morgan fingerprint density at radius 2 is 1.60 bits per heavy atom. The number of nitrogens with one attached hydrogen (secondary N) is 1. The van der Waals surface area contributed by atoms with Gasteiger partial charge in [0.2, 0.25) is 18.6 Å². The molecule has 1 N–H and O–H groups in total. The second-order valence-corrected chi connectivity index (χ2v) is 11.3. The first-order valence-electron chi connectivity index (χ1n) is 13.9. The topological polar surface area (TPSA) is 67.9 Å². The molecule has 1 aliphatic carbocycles. The summed E-state index contributed by atoms with van der Waals surface area (Å²) in [6, 6.07) is 20.4. The Bertz CT molecular complexity index is 1330. The van der Waals surface area contributed by atoms with Gasteiger partial charge >= 0.3 is 0 Å². The molecule has 5 rings (SSSR count). The lowest BCUT2D eigenvalue weighted by molar-refractivity contribution is -0.141. The van der Waals surface area contributed by atoms with E-state index < -0.39 is 6.04 Å². The molecule has 3 aromatic rings. The van der Waals surface area contributed by atoms with E-state index in [9.17, 15) is 9.59 Å². The normalized spacial score (nSPS) is 15.4. The first kappa shape index (κ1) is 28.3. The lowest BCUT2D eigenvalue weighted by atomic mass is 9.94. The SMILES string of the molecule is O=C(NC1CCCCC1)[C@H](Cc1ccccc1)N(Cc1ccc(Cl)c(Cl)c1)C(=O)CCc1ccc2c(c1)OCO2. The van der Waals surface area contributed by atoms with Gasteiger partial charge in [-0.3, -0.25) is 9.59 Å². The van der Waals surface area contributed by atoms with Gasteiger partial charge in [0.15, 0.2) is 11.5 Å². The summed E-state index contributed by atoms with van der Waals surface area (Å²) in [5.74, 6) is 1.17. The molecule has 2 aliphatic rings. The lowest BCUT2D eigenvalue weighted by Crippen LogP contribution is -2.52. The van der Waals surface area contributed by atoms with E-state index >= 15 is 0 Å². The molecule has 2 amide bonds. The molecule has 0 saturated heterocycles. The van der Waals surface area contributed by atoms with Crippen LogP contribution in [0.5, 0.6) is 11.5 Å². The van der Waals surface area contributed by atoms with Crippen molar-refractivity contribution in [2.75, 3.05) is 6.79 Å². The summed E-state index contributed by atoms with van der Waals surface area (Å²) in [5.41, 5.74) is 2.78. The number of hydrogen-bond donors (Lipinski definition) is 1. The highest BCUT2D eigenvalue weighted by molar-refractivity contribution is 6.42. The Morgan fingerprint density at radius 1 is 0.850 bits per heavy atom. The molecule has 0 radical (unpaired) electrons. The largest absolute Gasteiger partial charge is 0.454 e. The fourth-order valence-corrected chi connectivity index (χ4v) is 5.74. The highest BCUT2D eigenvalue weighted by atomic mass is 35.5. The van der Waals surface area contributed by atoms with E-state index in [2.05, 4.69) is 5.32 Å². The molecule has 0 unspecified atom stereocenters. The van der Waals surface area contributed by atoms with Crippen molar-refractivity contribution in [1.82, 2.24) is 10.2 Å². The van der Waals surface area contributed by atoms with Crippen LogP contribution in [0.15, 0.2) is 66.7 Å². The molecule has 6 nitrogen and oxygen atoms in total. The average Bonchev–Trinajstić information content (AvgIpc) is 3.44. The number of amides is 2. The summed E-state index contributed by atoms with van der Waals surface area (Å²) in [4.78, 5) is 29.6. The molecule has 1 aliphatic heterocycles. The van der Waals surface area contributed by atoms with E-state index in [0.29, 0.717) is 34.4 Å². The van der Waals surface area contributed by atoms with E-state index in [4.69, 9.17) is 32.7 Å². The summed E-state index contributed by atoms with van der Waals surface area (Å²) < 4.78 is 10.9. The summed E-state index contributed by atoms with van der Waals surface area (Å²) in [6.07, 6.45) is 6.51. The van der Waals surface area contributed by atoms with Gasteiger partial charge in [-0.05, 0) is 60.2 Å². The molecule has 1 atom stereocenters. The number of nitrogens with zero attached hydrogens (tertiary/aromatic N) is 1. The van der Waals surface area contributed by atoms with Crippen molar-refractivity contribution in [3.05, 3.63) is 93.5 Å². The summed E-state index contributed by atoms with van der Waals surface area (Å²) in [5, 5.41) is 4.13. The second-order valence-electron chi connectivity index (χ2n) is 10.5. The van der Waals surface area contributed by atoms with Gasteiger partial charge in [-0.15, -0.1) is 0 Å². The van der Waals surface area contributed by atoms with Crippen LogP contribution >= 0.6 is 23.2 Å². The van der Waals surface area contributed by atoms with Crippen molar-refractivity contribution in [2.24, 2.45) is 0 Å². The standard InChI is InChI=1S/C32H34Cl2N2O4/c33-26-14-11-24(17-27(26)34)20-36(31(37)16-13-23-12-15-29-30(19-23)40-21-39-29)28(18-22-7-3-1-4-8-22)32(38)35-25-9-5-2-6-10-25/h1,3-4,7-8,11-12,14-15,17,19,25,28H,2,5-6,9-10,13,16,18,20-21H2,(H,35,38)/t28-/m0/s1. The van der Waals surface area contributed by atoms with E-state index in [1.807, 2.05) is 54.6 Å². The fraction of sp³-hybridized carbons (Fsp3) is 0.375. The van der Waals surface area contributed by atoms with Gasteiger partial charge in [0.25, 0.3) is 0 Å². The first-order valence-corrected chi connectivity index (χ1v) is 14.7. The number of benzene rings is 3. The van der Waals surface area contributed by atoms with E-state index in [1.165, 1.54) is 6.42 Å². The van der Waals surface area contributed by atoms with Crippen LogP contribution in [0.3, 0.4) is 0 Å². The van der Waals surface area contributed by atoms with Crippen molar-refractivity contribution in [3.63, 3.8) is 0 Å². The Morgan fingerprint density at radius 3 is 2.38 bits per heavy atom. The van der Waals surface area contributed by atoms with Crippen LogP contribution in [-0.4, -0.2) is 35.6 Å². The Balaban J connectivity index is 1.41. The molecule has 0 aromatic heterocycles. The van der Waals surface area contributed by atoms with Crippen molar-refractivity contribution in [1.29, 1.82) is 0 Å². The minimum Gasteiger partial charge on any atom is -0.454 e. The monoisotopic (exact) mass is 580 g/mol. The van der Waals surface area contributed by atoms with Crippen LogP contribution in [0.1, 0.15) is 55.2 Å². The maximum Gasteiger partial charge on any atom is 0.243 e. The first-order chi connectivity index (χ1) is 19.5. The van der Waals surface area contributed by atoms with Gasteiger partial charge in [-0.1, -0.05) is 84.9 Å². The van der Waals surface area contributed by atoms with Crippen LogP contribution in [0.2, 0.25) is 10.0 Å². The molecular weight excluding hydrogens is 547 g/mol. The maximum absolute atomic E-state index is 14.0. The van der Waals surface area contributed by atoms with Crippen LogP contribution < -0.4 is 14.8 Å². The Kier molecular flexibility index (Phi) is 9.50. The highest BCUT2D eigenvalue weighted by Crippen LogP contribution is 2.33. The molecule has 3 aromatic carbocycles. The van der Waals surface area contributed by atoms with Gasteiger partial charge in [0.05, 0.1) is 10.0 Å². The molecule has 1 saturated carbocycles. The Hall–Kier alpha value is -3.22. The molecule has 8 heteroatoms. The predicted octanol–water partition coefficient (Wildman–Crippen LogP) is 6.74. The Labute approximate surface area is 245 Å². The van der Waals surface area contributed by atoms with Crippen LogP contribution in [-0.2, 0) is 29.0 Å². The highest BCUT2D eigenvalue weighted by Gasteiger charge is 2.32. The third kappa shape index (κ3) is 7.29. The fourth-order valence-electron chi connectivity index (χ4n) is 5.42. The van der Waals surface area contributed by atoms with E-state index in [-0.39, 0.29) is 37.6 Å². The third-order valence-electron chi connectivity index (χ3n) is 7.62. The average molecular weight is 582 g/mol. The maximum atomic E-state index is 14.0. The minimum absolute atomic E-state index is 0.108. The number of fused-ring (bicyclic) bond motifs is 1. The van der Waals surface area contributed by atoms with E-state index in [0.717, 1.165) is 42.4 Å². The summed E-state index contributed by atoms with van der Waals surface area (Å²) in [7, 11) is 0. The summed E-state index contributed by atoms with van der Waals surface area (Å²) >= 11 is 12.5.